The van der Waals surface area contributed by atoms with E-state index >= 15 is 0 Å². The van der Waals surface area contributed by atoms with Crippen molar-refractivity contribution in [1.82, 2.24) is 15.0 Å². The van der Waals surface area contributed by atoms with Gasteiger partial charge in [0.15, 0.2) is 5.82 Å². The molecule has 30 heavy (non-hydrogen) atoms. The summed E-state index contributed by atoms with van der Waals surface area (Å²) in [5, 5.41) is 3.96. The highest BCUT2D eigenvalue weighted by atomic mass is 32.2. The quantitative estimate of drug-likeness (QED) is 0.535. The minimum absolute atomic E-state index is 0.0305. The van der Waals surface area contributed by atoms with Crippen LogP contribution in [-0.4, -0.2) is 47.3 Å². The fourth-order valence-corrected chi connectivity index (χ4v) is 4.08. The Labute approximate surface area is 173 Å². The number of imide groups is 1. The molecule has 1 aromatic heterocycles. The highest BCUT2D eigenvalue weighted by Gasteiger charge is 2.42. The summed E-state index contributed by atoms with van der Waals surface area (Å²) in [5.74, 6) is -0.813. The molecule has 8 nitrogen and oxygen atoms in total. The molecule has 0 saturated heterocycles. The molecule has 154 valence electrons. The van der Waals surface area contributed by atoms with E-state index in [1.807, 2.05) is 30.3 Å². The molecule has 2 amide bonds. The topological polar surface area (TPSA) is 110 Å². The van der Waals surface area contributed by atoms with Gasteiger partial charge in [0.2, 0.25) is 5.89 Å². The maximum absolute atomic E-state index is 12.9. The summed E-state index contributed by atoms with van der Waals surface area (Å²) in [6, 6.07) is 15.0. The molecule has 3 aromatic rings. The third-order valence-corrected chi connectivity index (χ3v) is 5.85. The predicted octanol–water partition coefficient (Wildman–Crippen LogP) is 2.43. The van der Waals surface area contributed by atoms with Gasteiger partial charge in [-0.15, -0.1) is 0 Å². The van der Waals surface area contributed by atoms with E-state index in [1.54, 1.807) is 24.3 Å². The SMILES string of the molecule is CS(=O)(=O)CC[C@H](c1nc(Cc2ccccc2)no1)N1C(=O)c2ccccc2C1=O. The average molecular weight is 425 g/mol. The molecule has 1 aliphatic rings. The molecule has 0 saturated carbocycles. The molecule has 0 aliphatic carbocycles. The first-order valence-electron chi connectivity index (χ1n) is 9.34. The largest absolute Gasteiger partial charge is 0.337 e. The van der Waals surface area contributed by atoms with E-state index in [9.17, 15) is 18.0 Å². The fourth-order valence-electron chi connectivity index (χ4n) is 3.43. The number of fused-ring (bicyclic) bond motifs is 1. The molecule has 2 aromatic carbocycles. The van der Waals surface area contributed by atoms with Gasteiger partial charge in [-0.25, -0.2) is 8.42 Å². The molecule has 1 aliphatic heterocycles. The van der Waals surface area contributed by atoms with E-state index in [-0.39, 0.29) is 29.2 Å². The second kappa shape index (κ2) is 7.83. The first kappa shape index (κ1) is 20.0. The number of benzene rings is 2. The Morgan fingerprint density at radius 2 is 1.57 bits per heavy atom. The zero-order valence-corrected chi connectivity index (χ0v) is 17.0. The number of hydrogen-bond acceptors (Lipinski definition) is 7. The molecule has 4 rings (SSSR count). The molecule has 0 N–H and O–H groups in total. The van der Waals surface area contributed by atoms with Crippen molar-refractivity contribution in [3.05, 3.63) is 83.0 Å². The Bertz CT molecular complexity index is 1170. The Morgan fingerprint density at radius 1 is 0.967 bits per heavy atom. The predicted molar refractivity (Wildman–Crippen MR) is 108 cm³/mol. The van der Waals surface area contributed by atoms with Gasteiger partial charge in [0.1, 0.15) is 15.9 Å². The van der Waals surface area contributed by atoms with Crippen molar-refractivity contribution in [1.29, 1.82) is 0 Å². The average Bonchev–Trinajstić information content (AvgIpc) is 3.27. The van der Waals surface area contributed by atoms with Crippen molar-refractivity contribution in [2.24, 2.45) is 0 Å². The van der Waals surface area contributed by atoms with Crippen LogP contribution in [0.2, 0.25) is 0 Å². The van der Waals surface area contributed by atoms with Crippen LogP contribution in [0.4, 0.5) is 0 Å². The van der Waals surface area contributed by atoms with Gasteiger partial charge in [0.25, 0.3) is 11.8 Å². The molecule has 2 heterocycles. The summed E-state index contributed by atoms with van der Waals surface area (Å²) < 4.78 is 28.9. The maximum atomic E-state index is 12.9. The van der Waals surface area contributed by atoms with Gasteiger partial charge in [-0.1, -0.05) is 47.6 Å². The summed E-state index contributed by atoms with van der Waals surface area (Å²) in [4.78, 5) is 31.2. The first-order valence-corrected chi connectivity index (χ1v) is 11.4. The summed E-state index contributed by atoms with van der Waals surface area (Å²) in [7, 11) is -3.34. The number of carbonyl (C=O) groups excluding carboxylic acids is 2. The standard InChI is InChI=1S/C21H19N3O5S/c1-30(27,28)12-11-17(24-20(25)15-9-5-6-10-16(15)21(24)26)19-22-18(23-29-19)13-14-7-3-2-4-8-14/h2-10,17H,11-13H2,1H3/t17-/m1/s1. The highest BCUT2D eigenvalue weighted by Crippen LogP contribution is 2.33. The molecule has 0 radical (unpaired) electrons. The fraction of sp³-hybridized carbons (Fsp3) is 0.238. The Morgan fingerprint density at radius 3 is 2.17 bits per heavy atom. The monoisotopic (exact) mass is 425 g/mol. The molecule has 0 fully saturated rings. The Balaban J connectivity index is 1.66. The number of aromatic nitrogens is 2. The summed E-state index contributed by atoms with van der Waals surface area (Å²) in [5.41, 5.74) is 1.52. The van der Waals surface area contributed by atoms with Crippen molar-refractivity contribution in [2.75, 3.05) is 12.0 Å². The van der Waals surface area contributed by atoms with Crippen molar-refractivity contribution >= 4 is 21.7 Å². The molecule has 0 unspecified atom stereocenters. The molecule has 9 heteroatoms. The summed E-state index contributed by atoms with van der Waals surface area (Å²) in [6.45, 7) is 0. The van der Waals surface area contributed by atoms with Crippen LogP contribution < -0.4 is 0 Å². The van der Waals surface area contributed by atoms with E-state index in [0.717, 1.165) is 16.7 Å². The number of hydrogen-bond donors (Lipinski definition) is 0. The summed E-state index contributed by atoms with van der Waals surface area (Å²) in [6.07, 6.45) is 1.48. The van der Waals surface area contributed by atoms with Crippen LogP contribution in [0.1, 0.15) is 50.5 Å². The maximum Gasteiger partial charge on any atom is 0.262 e. The molecule has 0 bridgehead atoms. The number of sulfone groups is 1. The lowest BCUT2D eigenvalue weighted by molar-refractivity contribution is 0.0547. The van der Waals surface area contributed by atoms with Crippen LogP contribution in [0, 0.1) is 0 Å². The number of rotatable bonds is 7. The van der Waals surface area contributed by atoms with Crippen molar-refractivity contribution in [3.8, 4) is 0 Å². The number of amides is 2. The third kappa shape index (κ3) is 4.02. The van der Waals surface area contributed by atoms with Crippen molar-refractivity contribution in [3.63, 3.8) is 0 Å². The van der Waals surface area contributed by atoms with Gasteiger partial charge in [-0.05, 0) is 24.1 Å². The highest BCUT2D eigenvalue weighted by molar-refractivity contribution is 7.90. The summed E-state index contributed by atoms with van der Waals surface area (Å²) >= 11 is 0. The molecule has 0 spiro atoms. The third-order valence-electron chi connectivity index (χ3n) is 4.87. The van der Waals surface area contributed by atoms with Gasteiger partial charge >= 0.3 is 0 Å². The Kier molecular flexibility index (Phi) is 5.21. The smallest absolute Gasteiger partial charge is 0.262 e. The molecule has 1 atom stereocenters. The van der Waals surface area contributed by atoms with Crippen LogP contribution in [0.5, 0.6) is 0 Å². The number of carbonyl (C=O) groups is 2. The van der Waals surface area contributed by atoms with E-state index < -0.39 is 27.7 Å². The van der Waals surface area contributed by atoms with Crippen LogP contribution in [0.3, 0.4) is 0 Å². The normalized spacial score (nSPS) is 14.8. The van der Waals surface area contributed by atoms with Crippen LogP contribution >= 0.6 is 0 Å². The second-order valence-electron chi connectivity index (χ2n) is 7.17. The van der Waals surface area contributed by atoms with Gasteiger partial charge in [0.05, 0.1) is 16.9 Å². The van der Waals surface area contributed by atoms with Gasteiger partial charge in [-0.2, -0.15) is 4.98 Å². The van der Waals surface area contributed by atoms with Gasteiger partial charge in [0, 0.05) is 12.7 Å². The van der Waals surface area contributed by atoms with E-state index in [2.05, 4.69) is 10.1 Å². The van der Waals surface area contributed by atoms with E-state index in [1.165, 1.54) is 0 Å². The van der Waals surface area contributed by atoms with Crippen LogP contribution in [0.25, 0.3) is 0 Å². The zero-order valence-electron chi connectivity index (χ0n) is 16.2. The molecular weight excluding hydrogens is 406 g/mol. The van der Waals surface area contributed by atoms with Crippen LogP contribution in [-0.2, 0) is 16.3 Å². The lowest BCUT2D eigenvalue weighted by atomic mass is 10.1. The molecular formula is C21H19N3O5S. The van der Waals surface area contributed by atoms with E-state index in [4.69, 9.17) is 4.52 Å². The van der Waals surface area contributed by atoms with Crippen molar-refractivity contribution < 1.29 is 22.5 Å². The lowest BCUT2D eigenvalue weighted by Gasteiger charge is -2.22. The minimum atomic E-state index is -3.34. The minimum Gasteiger partial charge on any atom is -0.337 e. The van der Waals surface area contributed by atoms with E-state index in [0.29, 0.717) is 12.2 Å². The first-order chi connectivity index (χ1) is 14.3. The lowest BCUT2D eigenvalue weighted by Crippen LogP contribution is -2.35. The van der Waals surface area contributed by atoms with Gasteiger partial charge in [-0.3, -0.25) is 14.5 Å². The zero-order chi connectivity index (χ0) is 21.3. The Hall–Kier alpha value is -3.33. The van der Waals surface area contributed by atoms with Crippen LogP contribution in [0.15, 0.2) is 59.1 Å². The number of nitrogens with zero attached hydrogens (tertiary/aromatic N) is 3. The van der Waals surface area contributed by atoms with Crippen molar-refractivity contribution in [2.45, 2.75) is 18.9 Å². The van der Waals surface area contributed by atoms with Gasteiger partial charge < -0.3 is 4.52 Å². The second-order valence-corrected chi connectivity index (χ2v) is 9.43.